The highest BCUT2D eigenvalue weighted by Crippen LogP contribution is 2.29. The van der Waals surface area contributed by atoms with Gasteiger partial charge in [-0.25, -0.2) is 0 Å². The Bertz CT molecular complexity index is 1850. The van der Waals surface area contributed by atoms with Gasteiger partial charge in [0.2, 0.25) is 17.7 Å². The van der Waals surface area contributed by atoms with Crippen molar-refractivity contribution in [3.63, 3.8) is 0 Å². The highest BCUT2D eigenvalue weighted by molar-refractivity contribution is 9.11. The second-order valence-corrected chi connectivity index (χ2v) is 34.4. The van der Waals surface area contributed by atoms with Gasteiger partial charge in [0.15, 0.2) is 0 Å². The Balaban J connectivity index is 0. The molecular weight excluding hydrogens is 1460 g/mol. The van der Waals surface area contributed by atoms with E-state index in [1.807, 2.05) is 0 Å². The summed E-state index contributed by atoms with van der Waals surface area (Å²) in [5.74, 6) is -5.72. The number of alkyl halides is 6. The average Bonchev–Trinajstić information content (AvgIpc) is 3.35. The van der Waals surface area contributed by atoms with Crippen molar-refractivity contribution < 1.29 is 90.5 Å². The molecular formula is C52H88Br6N4O19. The topological polar surface area (TPSA) is 308 Å². The summed E-state index contributed by atoms with van der Waals surface area (Å²) in [5.41, 5.74) is 1.17. The van der Waals surface area contributed by atoms with Gasteiger partial charge in [0, 0.05) is 32.6 Å². The lowest BCUT2D eigenvalue weighted by Crippen LogP contribution is -2.51. The van der Waals surface area contributed by atoms with E-state index in [-0.39, 0.29) is 52.0 Å². The summed E-state index contributed by atoms with van der Waals surface area (Å²) in [6.07, 6.45) is 0. The normalized spacial score (nSPS) is 12.7. The molecule has 472 valence electrons. The maximum atomic E-state index is 13.8. The number of ether oxygens (including phenoxy) is 10. The molecule has 0 saturated carbocycles. The van der Waals surface area contributed by atoms with E-state index in [1.165, 1.54) is 20.9 Å². The number of hydrogen-bond acceptors (Lipinski definition) is 20. The van der Waals surface area contributed by atoms with Crippen LogP contribution >= 0.6 is 95.6 Å². The summed E-state index contributed by atoms with van der Waals surface area (Å²) >= 11 is 19.4. The average molecular weight is 1550 g/mol. The van der Waals surface area contributed by atoms with Gasteiger partial charge in [-0.05, 0) is 104 Å². The molecule has 0 atom stereocenters. The molecule has 0 rings (SSSR count). The second kappa shape index (κ2) is 36.8. The molecule has 0 fully saturated rings. The van der Waals surface area contributed by atoms with Crippen LogP contribution in [0, 0.1) is 22.2 Å². The Kier molecular flexibility index (Phi) is 36.8. The van der Waals surface area contributed by atoms with Gasteiger partial charge in [-0.2, -0.15) is 0 Å². The summed E-state index contributed by atoms with van der Waals surface area (Å²) in [4.78, 5) is 114. The second-order valence-electron chi connectivity index (χ2n) is 22.5. The van der Waals surface area contributed by atoms with Gasteiger partial charge in [-0.3, -0.25) is 43.2 Å². The monoisotopic (exact) mass is 1550 g/mol. The third-order valence-corrected chi connectivity index (χ3v) is 12.7. The largest absolute Gasteiger partial charge is 0.463 e. The van der Waals surface area contributed by atoms with E-state index >= 15 is 0 Å². The van der Waals surface area contributed by atoms with Crippen LogP contribution in [0.5, 0.6) is 0 Å². The van der Waals surface area contributed by atoms with E-state index in [4.69, 9.17) is 53.1 Å². The Hall–Kier alpha value is -2.09. The molecule has 0 aliphatic carbocycles. The van der Waals surface area contributed by atoms with Crippen molar-refractivity contribution in [3.05, 3.63) is 0 Å². The van der Waals surface area contributed by atoms with Crippen molar-refractivity contribution in [2.45, 2.75) is 130 Å². The van der Waals surface area contributed by atoms with Crippen molar-refractivity contribution >= 4 is 149 Å². The number of halogens is 6. The van der Waals surface area contributed by atoms with E-state index in [2.05, 4.69) is 112 Å². The molecule has 0 aromatic rings. The number of nitrogens with one attached hydrogen (secondary N) is 3. The van der Waals surface area contributed by atoms with Crippen molar-refractivity contribution in [2.75, 3.05) is 119 Å². The first kappa shape index (κ1) is 81.0. The Morgan fingerprint density at radius 2 is 0.568 bits per heavy atom. The molecule has 0 aromatic heterocycles. The predicted octanol–water partition coefficient (Wildman–Crippen LogP) is 5.91. The molecule has 0 spiro atoms. The van der Waals surface area contributed by atoms with E-state index < -0.39 is 122 Å². The quantitative estimate of drug-likeness (QED) is 0.0242. The number of hydrogen-bond donors (Lipinski definition) is 4. The van der Waals surface area contributed by atoms with Gasteiger partial charge >= 0.3 is 35.8 Å². The van der Waals surface area contributed by atoms with Crippen LogP contribution in [-0.4, -0.2) is 199 Å². The van der Waals surface area contributed by atoms with E-state index in [1.54, 1.807) is 90.0 Å². The summed E-state index contributed by atoms with van der Waals surface area (Å²) in [6.45, 7) is 24.4. The Labute approximate surface area is 528 Å². The van der Waals surface area contributed by atoms with Crippen LogP contribution in [0.2, 0.25) is 0 Å². The fourth-order valence-electron chi connectivity index (χ4n) is 5.28. The minimum absolute atomic E-state index is 0.0331. The SMILES string of the molecule is CC(C)(Br)C(=O)OCC(C)(COC(=O)C(C)(C)Br)C(=O)NCC(CNC(=O)C(C)(COC(=O)C(C)(C)Br)COC(=O)C(C)(C)Br)COCCOCCOCCOCCN.CNC(=O)C(C)(COC(=O)C(C)(C)Br)COC(=O)C(C)(C)Br. The first-order valence-corrected chi connectivity index (χ1v) is 30.5. The van der Waals surface area contributed by atoms with Gasteiger partial charge in [0.1, 0.15) is 81.8 Å². The molecule has 3 amide bonds. The highest BCUT2D eigenvalue weighted by Gasteiger charge is 2.43. The predicted molar refractivity (Wildman–Crippen MR) is 324 cm³/mol. The number of rotatable bonds is 38. The van der Waals surface area contributed by atoms with Crippen molar-refractivity contribution in [1.82, 2.24) is 16.0 Å². The zero-order chi connectivity index (χ0) is 63.5. The first-order chi connectivity index (χ1) is 36.7. The summed E-state index contributed by atoms with van der Waals surface area (Å²) < 4.78 is 48.4. The van der Waals surface area contributed by atoms with Gasteiger partial charge < -0.3 is 69.1 Å². The van der Waals surface area contributed by atoms with E-state index in [0.29, 0.717) is 39.6 Å². The van der Waals surface area contributed by atoms with E-state index in [9.17, 15) is 43.2 Å². The fourth-order valence-corrected chi connectivity index (χ4v) is 5.97. The molecule has 0 bridgehead atoms. The van der Waals surface area contributed by atoms with Crippen LogP contribution in [0.25, 0.3) is 0 Å². The summed E-state index contributed by atoms with van der Waals surface area (Å²) in [5, 5.41) is 8.14. The lowest BCUT2D eigenvalue weighted by Gasteiger charge is -2.31. The Morgan fingerprint density at radius 3 is 0.778 bits per heavy atom. The molecule has 0 aromatic carbocycles. The van der Waals surface area contributed by atoms with Crippen molar-refractivity contribution in [3.8, 4) is 0 Å². The van der Waals surface area contributed by atoms with Crippen LogP contribution in [-0.2, 0) is 90.5 Å². The minimum Gasteiger partial charge on any atom is -0.463 e. The molecule has 0 aliphatic rings. The van der Waals surface area contributed by atoms with Crippen molar-refractivity contribution in [1.29, 1.82) is 0 Å². The van der Waals surface area contributed by atoms with Gasteiger partial charge in [0.25, 0.3) is 0 Å². The lowest BCUT2D eigenvalue weighted by atomic mass is 9.90. The van der Waals surface area contributed by atoms with Crippen LogP contribution in [0.1, 0.15) is 104 Å². The minimum atomic E-state index is -1.53. The molecule has 0 radical (unpaired) electrons. The lowest BCUT2D eigenvalue weighted by molar-refractivity contribution is -0.161. The van der Waals surface area contributed by atoms with E-state index in [0.717, 1.165) is 0 Å². The van der Waals surface area contributed by atoms with Crippen molar-refractivity contribution in [2.24, 2.45) is 27.9 Å². The zero-order valence-electron chi connectivity index (χ0n) is 49.7. The molecule has 29 heteroatoms. The maximum Gasteiger partial charge on any atom is 0.322 e. The highest BCUT2D eigenvalue weighted by atomic mass is 79.9. The number of carbonyl (C=O) groups is 9. The Morgan fingerprint density at radius 1 is 0.358 bits per heavy atom. The molecule has 81 heavy (non-hydrogen) atoms. The fraction of sp³-hybridized carbons (Fsp3) is 0.827. The van der Waals surface area contributed by atoms with Crippen LogP contribution in [0.3, 0.4) is 0 Å². The van der Waals surface area contributed by atoms with Crippen LogP contribution < -0.4 is 21.7 Å². The summed E-state index contributed by atoms with van der Waals surface area (Å²) in [6, 6.07) is 0. The van der Waals surface area contributed by atoms with Crippen LogP contribution in [0.4, 0.5) is 0 Å². The number of carbonyl (C=O) groups excluding carboxylic acids is 9. The molecule has 0 saturated heterocycles. The number of esters is 6. The maximum absolute atomic E-state index is 13.8. The van der Waals surface area contributed by atoms with Crippen LogP contribution in [0.15, 0.2) is 0 Å². The number of amides is 3. The van der Waals surface area contributed by atoms with Gasteiger partial charge in [0.05, 0.1) is 52.9 Å². The smallest absolute Gasteiger partial charge is 0.322 e. The third kappa shape index (κ3) is 34.6. The third-order valence-electron chi connectivity index (χ3n) is 10.7. The zero-order valence-corrected chi connectivity index (χ0v) is 59.2. The van der Waals surface area contributed by atoms with Gasteiger partial charge in [-0.15, -0.1) is 0 Å². The molecule has 5 N–H and O–H groups in total. The molecule has 0 unspecified atom stereocenters. The summed E-state index contributed by atoms with van der Waals surface area (Å²) in [7, 11) is 1.47. The molecule has 0 heterocycles. The molecule has 23 nitrogen and oxygen atoms in total. The number of nitrogens with two attached hydrogens (primary N) is 1. The first-order valence-electron chi connectivity index (χ1n) is 25.7. The van der Waals surface area contributed by atoms with Gasteiger partial charge in [-0.1, -0.05) is 95.6 Å². The molecule has 0 aliphatic heterocycles. The standard InChI is InChI=1S/C38H65Br4N3O14.C14H23Br2NO5/c1-33(2,39)29(48)56-22-37(9,23-57-30(49)34(3,4)40)27(46)44-19-26(21-55-18-17-54-16-15-53-14-13-52-12-11-43)20-45-28(47)38(10,24-58-31(50)35(5,6)41)25-59-32(51)36(7,8)42;1-12(2,15)10(19)21-7-14(5,9(18)17-6)8-22-11(20)13(3,4)16/h26H,11-25,43H2,1-10H3,(H,44,46)(H,45,47);7-8H2,1-6H3,(H,17,18).